The molecule has 3 aromatic rings. The highest BCUT2D eigenvalue weighted by Crippen LogP contribution is 2.38. The first kappa shape index (κ1) is 14.5. The Kier molecular flexibility index (Phi) is 2.83. The summed E-state index contributed by atoms with van der Waals surface area (Å²) < 4.78 is 4.33. The predicted octanol–water partition coefficient (Wildman–Crippen LogP) is 4.61. The zero-order valence-corrected chi connectivity index (χ0v) is 14.2. The molecular formula is C20H17N4+. The maximum Gasteiger partial charge on any atom is 0.207 e. The molecule has 0 saturated carbocycles. The monoisotopic (exact) mass is 313 g/mol. The number of hydrogen-bond acceptors (Lipinski definition) is 0. The molecule has 0 saturated heterocycles. The Labute approximate surface area is 141 Å². The molecule has 0 bridgehead atoms. The van der Waals surface area contributed by atoms with E-state index in [0.29, 0.717) is 11.4 Å². The van der Waals surface area contributed by atoms with E-state index in [2.05, 4.69) is 52.9 Å². The Hall–Kier alpha value is -3.11. The molecule has 2 aromatic carbocycles. The second kappa shape index (κ2) is 4.69. The molecule has 4 nitrogen and oxygen atoms in total. The number of fused-ring (bicyclic) bond motifs is 5. The van der Waals surface area contributed by atoms with Gasteiger partial charge in [-0.2, -0.15) is 0 Å². The van der Waals surface area contributed by atoms with E-state index in [4.69, 9.17) is 13.1 Å². The molecule has 2 heterocycles. The van der Waals surface area contributed by atoms with E-state index in [9.17, 15) is 0 Å². The van der Waals surface area contributed by atoms with Gasteiger partial charge in [0, 0.05) is 5.39 Å². The van der Waals surface area contributed by atoms with Gasteiger partial charge in [0.2, 0.25) is 11.9 Å². The number of hydrogen-bond donors (Lipinski definition) is 0. The number of benzene rings is 2. The molecule has 4 heteroatoms. The van der Waals surface area contributed by atoms with Crippen LogP contribution in [0.5, 0.6) is 0 Å². The number of rotatable bonds is 0. The smallest absolute Gasteiger partial charge is 0.207 e. The Balaban J connectivity index is 2.18. The van der Waals surface area contributed by atoms with Gasteiger partial charge in [0.05, 0.1) is 18.7 Å². The van der Waals surface area contributed by atoms with Gasteiger partial charge in [-0.1, -0.05) is 0 Å². The molecule has 0 atom stereocenters. The van der Waals surface area contributed by atoms with Crippen LogP contribution >= 0.6 is 0 Å². The number of nitrogens with zero attached hydrogens (tertiary/aromatic N) is 4. The first-order chi connectivity index (χ1) is 11.5. The van der Waals surface area contributed by atoms with Crippen molar-refractivity contribution in [3.05, 3.63) is 69.0 Å². The average Bonchev–Trinajstić information content (AvgIpc) is 3.12. The van der Waals surface area contributed by atoms with Crippen molar-refractivity contribution in [2.75, 3.05) is 0 Å². The van der Waals surface area contributed by atoms with Crippen LogP contribution in [0.2, 0.25) is 0 Å². The molecule has 0 fully saturated rings. The Morgan fingerprint density at radius 3 is 2.33 bits per heavy atom. The lowest BCUT2D eigenvalue weighted by molar-refractivity contribution is -0.749. The van der Waals surface area contributed by atoms with Crippen LogP contribution < -0.4 is 4.68 Å². The van der Waals surface area contributed by atoms with E-state index in [1.807, 2.05) is 6.07 Å². The summed E-state index contributed by atoms with van der Waals surface area (Å²) in [4.78, 5) is 7.20. The molecule has 0 unspecified atom stereocenters. The van der Waals surface area contributed by atoms with Gasteiger partial charge in [-0.3, -0.25) is 0 Å². The molecule has 4 rings (SSSR count). The maximum absolute atomic E-state index is 7.55. The fourth-order valence-corrected chi connectivity index (χ4v) is 3.82. The van der Waals surface area contributed by atoms with Crippen LogP contribution in [-0.4, -0.2) is 4.68 Å². The molecule has 0 amide bonds. The van der Waals surface area contributed by atoms with Crippen LogP contribution in [0, 0.1) is 40.8 Å². The van der Waals surface area contributed by atoms with Gasteiger partial charge < -0.3 is 0 Å². The summed E-state index contributed by atoms with van der Waals surface area (Å²) in [5, 5.41) is 0.954. The van der Waals surface area contributed by atoms with Crippen LogP contribution in [0.25, 0.3) is 26.3 Å². The molecular weight excluding hydrogens is 296 g/mol. The summed E-state index contributed by atoms with van der Waals surface area (Å²) in [7, 11) is 0. The third kappa shape index (κ3) is 1.63. The van der Waals surface area contributed by atoms with Gasteiger partial charge >= 0.3 is 0 Å². The Bertz CT molecular complexity index is 1130. The summed E-state index contributed by atoms with van der Waals surface area (Å²) in [6, 6.07) is 3.57. The molecule has 1 aromatic heterocycles. The van der Waals surface area contributed by atoms with E-state index in [1.165, 1.54) is 33.5 Å². The molecule has 1 aliphatic heterocycles. The minimum absolute atomic E-state index is 0.520. The van der Waals surface area contributed by atoms with Crippen LogP contribution in [0.1, 0.15) is 27.8 Å². The van der Waals surface area contributed by atoms with E-state index < -0.39 is 0 Å². The fraction of sp³-hybridized carbons (Fsp3) is 0.250. The van der Waals surface area contributed by atoms with E-state index in [1.54, 1.807) is 6.07 Å². The molecule has 0 radical (unpaired) electrons. The quantitative estimate of drug-likeness (QED) is 0.333. The molecule has 1 aliphatic rings. The van der Waals surface area contributed by atoms with Crippen LogP contribution in [-0.2, 0) is 6.54 Å². The Morgan fingerprint density at radius 1 is 0.958 bits per heavy atom. The highest BCUT2D eigenvalue weighted by atomic mass is 15.4. The first-order valence-corrected chi connectivity index (χ1v) is 7.91. The topological polar surface area (TPSA) is 17.5 Å². The molecule has 0 aliphatic carbocycles. The zero-order chi connectivity index (χ0) is 17.2. The average molecular weight is 313 g/mol. The number of aromatic nitrogens is 2. The second-order valence-corrected chi connectivity index (χ2v) is 6.49. The van der Waals surface area contributed by atoms with Crippen molar-refractivity contribution in [3.63, 3.8) is 0 Å². The van der Waals surface area contributed by atoms with Crippen molar-refractivity contribution in [1.82, 2.24) is 4.68 Å². The summed E-state index contributed by atoms with van der Waals surface area (Å²) in [5.41, 5.74) is 9.76. The van der Waals surface area contributed by atoms with Gasteiger partial charge in [0.15, 0.2) is 12.2 Å². The van der Waals surface area contributed by atoms with Crippen LogP contribution in [0.3, 0.4) is 0 Å². The summed E-state index contributed by atoms with van der Waals surface area (Å²) in [6.07, 6.45) is 2.06. The molecule has 0 spiro atoms. The summed E-state index contributed by atoms with van der Waals surface area (Å²) in [6.45, 7) is 24.3. The van der Waals surface area contributed by atoms with Crippen molar-refractivity contribution < 1.29 is 4.68 Å². The maximum atomic E-state index is 7.55. The lowest BCUT2D eigenvalue weighted by atomic mass is 9.92. The minimum Gasteiger partial charge on any atom is -0.239 e. The van der Waals surface area contributed by atoms with E-state index >= 15 is 0 Å². The van der Waals surface area contributed by atoms with Gasteiger partial charge in [0.25, 0.3) is 0 Å². The van der Waals surface area contributed by atoms with Crippen molar-refractivity contribution in [1.29, 1.82) is 0 Å². The third-order valence-corrected chi connectivity index (χ3v) is 5.42. The lowest BCUT2D eigenvalue weighted by Crippen LogP contribution is -2.36. The van der Waals surface area contributed by atoms with Crippen LogP contribution in [0.15, 0.2) is 18.3 Å². The highest BCUT2D eigenvalue weighted by Gasteiger charge is 2.33. The van der Waals surface area contributed by atoms with Gasteiger partial charge in [0.1, 0.15) is 11.2 Å². The zero-order valence-electron chi connectivity index (χ0n) is 14.2. The molecule has 0 N–H and O–H groups in total. The summed E-state index contributed by atoms with van der Waals surface area (Å²) >= 11 is 0. The molecule has 24 heavy (non-hydrogen) atoms. The van der Waals surface area contributed by atoms with E-state index in [0.717, 1.165) is 17.4 Å². The van der Waals surface area contributed by atoms with Crippen molar-refractivity contribution >= 4 is 22.3 Å². The highest BCUT2D eigenvalue weighted by molar-refractivity contribution is 5.95. The van der Waals surface area contributed by atoms with Crippen molar-refractivity contribution in [2.45, 2.75) is 34.2 Å². The van der Waals surface area contributed by atoms with Gasteiger partial charge in [-0.25, -0.2) is 9.69 Å². The predicted molar refractivity (Wildman–Crippen MR) is 94.0 cm³/mol. The standard InChI is InChI=1S/C20H17N4/c1-11-12(2)14(4)19-17(13(11)3)10-23-9-15-7-16(21-5)8-18(22-6)20(15)24(19)23/h7-9H,10H2,1-4H3/q+1. The Morgan fingerprint density at radius 2 is 1.67 bits per heavy atom. The normalized spacial score (nSPS) is 11.9. The molecule has 116 valence electrons. The lowest BCUT2D eigenvalue weighted by Gasteiger charge is -2.13. The minimum atomic E-state index is 0.520. The van der Waals surface area contributed by atoms with Gasteiger partial charge in [-0.05, 0) is 62.1 Å². The summed E-state index contributed by atoms with van der Waals surface area (Å²) in [5.74, 6) is 0. The van der Waals surface area contributed by atoms with Gasteiger partial charge in [-0.15, -0.1) is 9.36 Å². The fourth-order valence-electron chi connectivity index (χ4n) is 3.82. The second-order valence-electron chi connectivity index (χ2n) is 6.49. The van der Waals surface area contributed by atoms with Crippen molar-refractivity contribution in [3.8, 4) is 5.69 Å². The first-order valence-electron chi connectivity index (χ1n) is 7.91. The largest absolute Gasteiger partial charge is 0.239 e. The van der Waals surface area contributed by atoms with Crippen LogP contribution in [0.4, 0.5) is 11.4 Å². The van der Waals surface area contributed by atoms with Crippen molar-refractivity contribution in [2.24, 2.45) is 0 Å². The SMILES string of the molecule is [C-]#[N+]c1cc([N+]#[C-])c2c(c1)c[n+]1n2-c2c(C)c(C)c(C)c(C)c2C1. The third-order valence-electron chi connectivity index (χ3n) is 5.42. The van der Waals surface area contributed by atoms with E-state index in [-0.39, 0.29) is 0 Å².